The van der Waals surface area contributed by atoms with E-state index in [1.54, 1.807) is 25.3 Å². The summed E-state index contributed by atoms with van der Waals surface area (Å²) in [5.41, 5.74) is -0.297. The zero-order valence-corrected chi connectivity index (χ0v) is 14.6. The number of aromatic nitrogens is 2. The summed E-state index contributed by atoms with van der Waals surface area (Å²) in [4.78, 5) is 28.3. The molecule has 1 aliphatic rings. The fourth-order valence-corrected chi connectivity index (χ4v) is 3.15. The number of carbonyl (C=O) groups excluding carboxylic acids is 1. The number of ether oxygens (including phenoxy) is 1. The molecule has 0 bridgehead atoms. The van der Waals surface area contributed by atoms with E-state index in [4.69, 9.17) is 27.9 Å². The molecule has 1 fully saturated rings. The van der Waals surface area contributed by atoms with Gasteiger partial charge < -0.3 is 4.74 Å². The molecule has 0 unspecified atom stereocenters. The lowest BCUT2D eigenvalue weighted by Crippen LogP contribution is -2.22. The molecule has 116 valence electrons. The number of alkyl halides is 2. The first-order valence-electron chi connectivity index (χ1n) is 6.46. The SMILES string of the molecule is C[C@]1(C(=O)OCc2cc(=O)n3cc(Br)ccc3n2)CC1(Cl)Cl. The zero-order chi connectivity index (χ0) is 16.1. The van der Waals surface area contributed by atoms with Crippen molar-refractivity contribution in [2.24, 2.45) is 5.41 Å². The van der Waals surface area contributed by atoms with Crippen LogP contribution in [0.2, 0.25) is 0 Å². The zero-order valence-electron chi connectivity index (χ0n) is 11.5. The van der Waals surface area contributed by atoms with Crippen LogP contribution >= 0.6 is 39.1 Å². The van der Waals surface area contributed by atoms with E-state index in [1.165, 1.54) is 10.5 Å². The van der Waals surface area contributed by atoms with Crippen LogP contribution in [0, 0.1) is 5.41 Å². The summed E-state index contributed by atoms with van der Waals surface area (Å²) in [6.07, 6.45) is 1.98. The standard InChI is InChI=1S/C14H11BrCl2N2O3/c1-13(7-14(13,16)17)12(21)22-6-9-4-11(20)19-5-8(15)2-3-10(19)18-9/h2-5H,6-7H2,1H3/t13-/m1/s1. The van der Waals surface area contributed by atoms with Gasteiger partial charge in [0.05, 0.1) is 5.69 Å². The van der Waals surface area contributed by atoms with Gasteiger partial charge >= 0.3 is 5.97 Å². The van der Waals surface area contributed by atoms with Crippen molar-refractivity contribution in [3.8, 4) is 0 Å². The largest absolute Gasteiger partial charge is 0.459 e. The molecule has 3 rings (SSSR count). The van der Waals surface area contributed by atoms with E-state index in [1.807, 2.05) is 0 Å². The summed E-state index contributed by atoms with van der Waals surface area (Å²) >= 11 is 15.2. The minimum atomic E-state index is -1.08. The molecule has 0 amide bonds. The molecule has 22 heavy (non-hydrogen) atoms. The third-order valence-electron chi connectivity index (χ3n) is 3.74. The molecule has 1 saturated carbocycles. The van der Waals surface area contributed by atoms with E-state index in [2.05, 4.69) is 20.9 Å². The molecule has 2 aromatic rings. The van der Waals surface area contributed by atoms with Crippen LogP contribution in [0.25, 0.3) is 5.65 Å². The van der Waals surface area contributed by atoms with E-state index in [9.17, 15) is 9.59 Å². The minimum Gasteiger partial charge on any atom is -0.459 e. The van der Waals surface area contributed by atoms with E-state index < -0.39 is 15.7 Å². The van der Waals surface area contributed by atoms with Gasteiger partial charge in [-0.3, -0.25) is 14.0 Å². The predicted octanol–water partition coefficient (Wildman–Crippen LogP) is 3.08. The van der Waals surface area contributed by atoms with Crippen molar-refractivity contribution in [3.05, 3.63) is 44.9 Å². The number of fused-ring (bicyclic) bond motifs is 1. The Morgan fingerprint density at radius 3 is 2.82 bits per heavy atom. The van der Waals surface area contributed by atoms with Gasteiger partial charge in [0.1, 0.15) is 22.0 Å². The number of esters is 1. The fraction of sp³-hybridized carbons (Fsp3) is 0.357. The van der Waals surface area contributed by atoms with Gasteiger partial charge in [0.15, 0.2) is 0 Å². The summed E-state index contributed by atoms with van der Waals surface area (Å²) in [5.74, 6) is -0.490. The quantitative estimate of drug-likeness (QED) is 0.581. The van der Waals surface area contributed by atoms with Gasteiger partial charge in [-0.2, -0.15) is 0 Å². The Kier molecular flexibility index (Phi) is 3.74. The molecule has 1 aliphatic carbocycles. The second kappa shape index (κ2) is 5.22. The fourth-order valence-electron chi connectivity index (χ4n) is 2.12. The van der Waals surface area contributed by atoms with Crippen molar-refractivity contribution in [2.45, 2.75) is 24.3 Å². The molecule has 2 heterocycles. The van der Waals surface area contributed by atoms with Gasteiger partial charge in [0, 0.05) is 23.2 Å². The monoisotopic (exact) mass is 404 g/mol. The van der Waals surface area contributed by atoms with E-state index in [-0.39, 0.29) is 12.2 Å². The molecule has 0 aromatic carbocycles. The van der Waals surface area contributed by atoms with Crippen LogP contribution in [0.5, 0.6) is 0 Å². The Labute approximate surface area is 144 Å². The van der Waals surface area contributed by atoms with Crippen LogP contribution in [0.4, 0.5) is 0 Å². The van der Waals surface area contributed by atoms with Gasteiger partial charge in [-0.05, 0) is 35.0 Å². The molecular weight excluding hydrogens is 395 g/mol. The van der Waals surface area contributed by atoms with Crippen molar-refractivity contribution in [1.29, 1.82) is 0 Å². The highest BCUT2D eigenvalue weighted by molar-refractivity contribution is 9.10. The highest BCUT2D eigenvalue weighted by Crippen LogP contribution is 2.64. The van der Waals surface area contributed by atoms with Crippen LogP contribution in [0.3, 0.4) is 0 Å². The first-order valence-corrected chi connectivity index (χ1v) is 8.01. The first-order chi connectivity index (χ1) is 10.2. The van der Waals surface area contributed by atoms with Crippen LogP contribution in [-0.4, -0.2) is 19.7 Å². The van der Waals surface area contributed by atoms with Crippen molar-refractivity contribution in [2.75, 3.05) is 0 Å². The number of halogens is 3. The molecule has 2 aromatic heterocycles. The normalized spacial score (nSPS) is 22.5. The van der Waals surface area contributed by atoms with Crippen LogP contribution in [0.15, 0.2) is 33.7 Å². The van der Waals surface area contributed by atoms with E-state index in [0.717, 1.165) is 4.47 Å². The number of nitrogens with zero attached hydrogens (tertiary/aromatic N) is 2. The van der Waals surface area contributed by atoms with Crippen molar-refractivity contribution < 1.29 is 9.53 Å². The maximum Gasteiger partial charge on any atom is 0.315 e. The highest BCUT2D eigenvalue weighted by atomic mass is 79.9. The molecule has 0 saturated heterocycles. The van der Waals surface area contributed by atoms with Gasteiger partial charge in [0.25, 0.3) is 5.56 Å². The molecule has 0 radical (unpaired) electrons. The number of hydrogen-bond donors (Lipinski definition) is 0. The van der Waals surface area contributed by atoms with Crippen LogP contribution in [-0.2, 0) is 16.1 Å². The Hall–Kier alpha value is -1.11. The maximum absolute atomic E-state index is 12.0. The molecular formula is C14H11BrCl2N2O3. The van der Waals surface area contributed by atoms with Gasteiger partial charge in [0.2, 0.25) is 0 Å². The van der Waals surface area contributed by atoms with Crippen LogP contribution < -0.4 is 5.56 Å². The Bertz CT molecular complexity index is 836. The molecule has 0 N–H and O–H groups in total. The van der Waals surface area contributed by atoms with Crippen molar-refractivity contribution >= 4 is 50.7 Å². The maximum atomic E-state index is 12.0. The second-order valence-electron chi connectivity index (χ2n) is 5.45. The summed E-state index contributed by atoms with van der Waals surface area (Å²) in [7, 11) is 0. The number of rotatable bonds is 3. The summed E-state index contributed by atoms with van der Waals surface area (Å²) < 4.78 is 6.29. The Morgan fingerprint density at radius 2 is 2.18 bits per heavy atom. The Balaban J connectivity index is 1.79. The van der Waals surface area contributed by atoms with Crippen molar-refractivity contribution in [3.63, 3.8) is 0 Å². The lowest BCUT2D eigenvalue weighted by molar-refractivity contribution is -0.151. The average Bonchev–Trinajstić information content (AvgIpc) is 2.97. The molecule has 8 heteroatoms. The average molecular weight is 406 g/mol. The van der Waals surface area contributed by atoms with Gasteiger partial charge in [-0.15, -0.1) is 23.2 Å². The van der Waals surface area contributed by atoms with E-state index in [0.29, 0.717) is 17.8 Å². The van der Waals surface area contributed by atoms with Gasteiger partial charge in [-0.1, -0.05) is 0 Å². The third kappa shape index (κ3) is 2.64. The highest BCUT2D eigenvalue weighted by Gasteiger charge is 2.69. The second-order valence-corrected chi connectivity index (χ2v) is 7.85. The minimum absolute atomic E-state index is 0.0971. The van der Waals surface area contributed by atoms with Crippen molar-refractivity contribution in [1.82, 2.24) is 9.38 Å². The topological polar surface area (TPSA) is 60.7 Å². The van der Waals surface area contributed by atoms with Crippen LogP contribution in [0.1, 0.15) is 19.0 Å². The molecule has 5 nitrogen and oxygen atoms in total. The summed E-state index contributed by atoms with van der Waals surface area (Å²) in [5, 5.41) is 0. The Morgan fingerprint density at radius 1 is 1.50 bits per heavy atom. The number of carbonyl (C=O) groups is 1. The summed E-state index contributed by atoms with van der Waals surface area (Å²) in [6.45, 7) is 1.55. The molecule has 0 aliphatic heterocycles. The molecule has 0 spiro atoms. The lowest BCUT2D eigenvalue weighted by Gasteiger charge is -2.11. The molecule has 1 atom stereocenters. The van der Waals surface area contributed by atoms with Gasteiger partial charge in [-0.25, -0.2) is 4.98 Å². The van der Waals surface area contributed by atoms with E-state index >= 15 is 0 Å². The number of hydrogen-bond acceptors (Lipinski definition) is 4. The smallest absolute Gasteiger partial charge is 0.315 e. The third-order valence-corrected chi connectivity index (χ3v) is 5.31. The summed E-state index contributed by atoms with van der Waals surface area (Å²) in [6, 6.07) is 4.80. The predicted molar refractivity (Wildman–Crippen MR) is 86.1 cm³/mol. The first kappa shape index (κ1) is 15.8. The lowest BCUT2D eigenvalue weighted by atomic mass is 10.1. The number of pyridine rings is 1.